The summed E-state index contributed by atoms with van der Waals surface area (Å²) < 4.78 is 10.2. The lowest BCUT2D eigenvalue weighted by Crippen LogP contribution is -2.31. The van der Waals surface area contributed by atoms with Crippen LogP contribution in [0, 0.1) is 6.92 Å². The predicted octanol–water partition coefficient (Wildman–Crippen LogP) is 4.09. The van der Waals surface area contributed by atoms with Gasteiger partial charge in [-0.25, -0.2) is 5.48 Å². The van der Waals surface area contributed by atoms with Gasteiger partial charge < -0.3 is 10.1 Å². The van der Waals surface area contributed by atoms with Crippen molar-refractivity contribution in [2.45, 2.75) is 25.3 Å². The summed E-state index contributed by atoms with van der Waals surface area (Å²) in [4.78, 5) is 28.9. The second-order valence-corrected chi connectivity index (χ2v) is 9.13. The highest BCUT2D eigenvalue weighted by molar-refractivity contribution is 7.25. The third kappa shape index (κ3) is 5.51. The molecule has 2 heterocycles. The van der Waals surface area contributed by atoms with Gasteiger partial charge in [-0.2, -0.15) is 0 Å². The Balaban J connectivity index is 1.43. The Morgan fingerprint density at radius 3 is 2.64 bits per heavy atom. The van der Waals surface area contributed by atoms with E-state index in [9.17, 15) is 9.59 Å². The van der Waals surface area contributed by atoms with Crippen molar-refractivity contribution in [3.05, 3.63) is 89.1 Å². The van der Waals surface area contributed by atoms with Crippen LogP contribution in [0.3, 0.4) is 0 Å². The van der Waals surface area contributed by atoms with Gasteiger partial charge in [0, 0.05) is 28.3 Å². The highest BCUT2D eigenvalue weighted by Gasteiger charge is 2.28. The molecule has 0 bridgehead atoms. The zero-order chi connectivity index (χ0) is 23.2. The first-order valence-corrected chi connectivity index (χ1v) is 11.6. The molecule has 8 nitrogen and oxygen atoms in total. The molecule has 2 amide bonds. The molecule has 0 radical (unpaired) electrons. The number of rotatable bonds is 8. The van der Waals surface area contributed by atoms with Gasteiger partial charge in [0.2, 0.25) is 5.37 Å². The molecule has 0 saturated carbocycles. The van der Waals surface area contributed by atoms with E-state index in [0.717, 1.165) is 22.2 Å². The number of hydroxylamine groups is 1. The third-order valence-corrected chi connectivity index (χ3v) is 6.68. The molecule has 33 heavy (non-hydrogen) atoms. The van der Waals surface area contributed by atoms with E-state index in [-0.39, 0.29) is 12.3 Å². The zero-order valence-corrected chi connectivity index (χ0v) is 18.7. The number of amides is 2. The van der Waals surface area contributed by atoms with Crippen molar-refractivity contribution >= 4 is 33.4 Å². The van der Waals surface area contributed by atoms with Gasteiger partial charge in [-0.15, -0.1) is 0 Å². The van der Waals surface area contributed by atoms with Gasteiger partial charge in [0.05, 0.1) is 11.7 Å². The Labute approximate surface area is 193 Å². The van der Waals surface area contributed by atoms with E-state index in [2.05, 4.69) is 14.7 Å². The van der Waals surface area contributed by atoms with Crippen LogP contribution in [0.4, 0.5) is 0 Å². The minimum absolute atomic E-state index is 0.0898. The molecule has 0 aliphatic carbocycles. The molecule has 2 aromatic heterocycles. The van der Waals surface area contributed by atoms with Crippen LogP contribution in [0.25, 0.3) is 10.9 Å². The van der Waals surface area contributed by atoms with Crippen molar-refractivity contribution in [1.29, 1.82) is 0 Å². The first-order chi connectivity index (χ1) is 16.0. The summed E-state index contributed by atoms with van der Waals surface area (Å²) in [6.45, 7) is 2.33. The van der Waals surface area contributed by atoms with Gasteiger partial charge in [-0.05, 0) is 47.7 Å². The van der Waals surface area contributed by atoms with Crippen molar-refractivity contribution in [2.75, 3.05) is 0 Å². The highest BCUT2D eigenvalue weighted by Crippen LogP contribution is 2.28. The molecule has 0 fully saturated rings. The molecule has 0 spiro atoms. The summed E-state index contributed by atoms with van der Waals surface area (Å²) >= 11 is 0. The number of fused-ring (bicyclic) bond motifs is 1. The molecule has 3 N–H and O–H groups in total. The first-order valence-electron chi connectivity index (χ1n) is 10.3. The van der Waals surface area contributed by atoms with Gasteiger partial charge in [0.15, 0.2) is 5.38 Å². The van der Waals surface area contributed by atoms with Crippen LogP contribution >= 0.6 is 10.7 Å². The highest BCUT2D eigenvalue weighted by atomic mass is 32.2. The smallest absolute Gasteiger partial charge is 0.255 e. The fourth-order valence-electron chi connectivity index (χ4n) is 3.44. The van der Waals surface area contributed by atoms with E-state index in [4.69, 9.17) is 9.94 Å². The molecule has 0 aliphatic heterocycles. The van der Waals surface area contributed by atoms with Crippen LogP contribution in [0.5, 0.6) is 5.75 Å². The Kier molecular flexibility index (Phi) is 6.92. The number of para-hydroxylation sites is 1. The molecule has 168 valence electrons. The van der Waals surface area contributed by atoms with E-state index in [1.165, 1.54) is 0 Å². The maximum atomic E-state index is 12.7. The molecule has 0 saturated heterocycles. The predicted molar refractivity (Wildman–Crippen MR) is 125 cm³/mol. The maximum absolute atomic E-state index is 12.7. The quantitative estimate of drug-likeness (QED) is 0.206. The van der Waals surface area contributed by atoms with Gasteiger partial charge in [-0.3, -0.25) is 19.8 Å². The molecular weight excluding hydrogens is 440 g/mol. The fraction of sp³-hybridized carbons (Fsp3) is 0.167. The summed E-state index contributed by atoms with van der Waals surface area (Å²) in [7, 11) is -0.669. The lowest BCUT2D eigenvalue weighted by Gasteiger charge is -2.12. The molecule has 0 aliphatic rings. The van der Waals surface area contributed by atoms with Crippen molar-refractivity contribution in [2.24, 2.45) is 0 Å². The number of carbonyl (C=O) groups is 2. The minimum Gasteiger partial charge on any atom is -0.489 e. The van der Waals surface area contributed by atoms with E-state index < -0.39 is 21.9 Å². The molecule has 2 unspecified atom stereocenters. The largest absolute Gasteiger partial charge is 0.489 e. The van der Waals surface area contributed by atoms with Crippen molar-refractivity contribution in [1.82, 2.24) is 20.2 Å². The van der Waals surface area contributed by atoms with E-state index in [0.29, 0.717) is 17.9 Å². The Bertz CT molecular complexity index is 1260. The van der Waals surface area contributed by atoms with Crippen LogP contribution in [0.1, 0.15) is 33.4 Å². The second kappa shape index (κ2) is 10.2. The molecule has 4 rings (SSSR count). The van der Waals surface area contributed by atoms with Crippen molar-refractivity contribution in [3.8, 4) is 5.75 Å². The standard InChI is InChI=1S/C24H22N4O4S/c1-16-13-18(20-5-2-3-6-21(20)26-16)15-32-19-9-7-17(8-10-19)24(30)27-23(14-22(29)28-31)33-12-4-11-25-33/h2-13,23H,14-15H2,1H3,(H2-,27,28,29,30,31)/p+1. The van der Waals surface area contributed by atoms with E-state index >= 15 is 0 Å². The summed E-state index contributed by atoms with van der Waals surface area (Å²) in [5, 5.41) is 14.0. The lowest BCUT2D eigenvalue weighted by atomic mass is 10.1. The monoisotopic (exact) mass is 463 g/mol. The number of aromatic nitrogens is 2. The molecule has 9 heteroatoms. The number of aryl methyl sites for hydroxylation is 1. The van der Waals surface area contributed by atoms with Gasteiger partial charge in [0.25, 0.3) is 11.8 Å². The van der Waals surface area contributed by atoms with Gasteiger partial charge in [-0.1, -0.05) is 18.2 Å². The van der Waals surface area contributed by atoms with Crippen LogP contribution in [-0.2, 0) is 11.4 Å². The number of hydrogen-bond donors (Lipinski definition) is 3. The van der Waals surface area contributed by atoms with Crippen LogP contribution in [0.2, 0.25) is 0 Å². The summed E-state index contributed by atoms with van der Waals surface area (Å²) in [5.41, 5.74) is 4.91. The molecule has 2 atom stereocenters. The number of nitrogens with zero attached hydrogens (tertiary/aromatic N) is 2. The van der Waals surface area contributed by atoms with Crippen LogP contribution < -0.4 is 15.5 Å². The zero-order valence-electron chi connectivity index (χ0n) is 17.9. The third-order valence-electron chi connectivity index (χ3n) is 5.01. The lowest BCUT2D eigenvalue weighted by molar-refractivity contribution is -0.129. The van der Waals surface area contributed by atoms with Crippen molar-refractivity contribution < 1.29 is 19.5 Å². The second-order valence-electron chi connectivity index (χ2n) is 7.38. The summed E-state index contributed by atoms with van der Waals surface area (Å²) in [6.07, 6.45) is 1.53. The average Bonchev–Trinajstić information content (AvgIpc) is 3.37. The number of nitrogens with one attached hydrogen (secondary N) is 2. The normalized spacial score (nSPS) is 12.2. The SMILES string of the molecule is Cc1cc(COc2ccc(C(=O)NC(CC(=O)NO)[s+]3cccn3)cc2)c2ccccc2n1. The summed E-state index contributed by atoms with van der Waals surface area (Å²) in [6, 6.07) is 18.5. The Morgan fingerprint density at radius 1 is 1.12 bits per heavy atom. The molecule has 2 aromatic carbocycles. The fourth-order valence-corrected chi connectivity index (χ4v) is 4.84. The molecule has 4 aromatic rings. The van der Waals surface area contributed by atoms with Crippen LogP contribution in [0.15, 0.2) is 72.2 Å². The number of pyridine rings is 1. The van der Waals surface area contributed by atoms with E-state index in [1.54, 1.807) is 42.0 Å². The maximum Gasteiger partial charge on any atom is 0.255 e. The number of carbonyl (C=O) groups excluding carboxylic acids is 2. The van der Waals surface area contributed by atoms with Crippen LogP contribution in [-0.4, -0.2) is 26.4 Å². The summed E-state index contributed by atoms with van der Waals surface area (Å²) in [5.74, 6) is -0.298. The average molecular weight is 464 g/mol. The topological polar surface area (TPSA) is 113 Å². The first kappa shape index (κ1) is 22.4. The minimum atomic E-state index is -0.669. The Hall–Kier alpha value is -3.82. The van der Waals surface area contributed by atoms with Crippen molar-refractivity contribution in [3.63, 3.8) is 0 Å². The number of ether oxygens (including phenoxy) is 1. The van der Waals surface area contributed by atoms with Gasteiger partial charge in [0.1, 0.15) is 29.4 Å². The van der Waals surface area contributed by atoms with Gasteiger partial charge >= 0.3 is 0 Å². The number of hydrogen-bond acceptors (Lipinski definition) is 6. The Morgan fingerprint density at radius 2 is 1.91 bits per heavy atom. The number of benzene rings is 2. The van der Waals surface area contributed by atoms with E-state index in [1.807, 2.05) is 42.6 Å². The molecular formula is C24H23N4O4S+.